The third kappa shape index (κ3) is 2.08. The van der Waals surface area contributed by atoms with Gasteiger partial charge in [0, 0.05) is 0 Å². The molecule has 1 aliphatic rings. The third-order valence-corrected chi connectivity index (χ3v) is 3.26. The minimum absolute atomic E-state index is 0.201. The Balaban J connectivity index is 2.13. The summed E-state index contributed by atoms with van der Waals surface area (Å²) < 4.78 is 15.8. The van der Waals surface area contributed by atoms with Gasteiger partial charge in [0.15, 0.2) is 5.60 Å². The molecule has 0 bridgehead atoms. The predicted octanol–water partition coefficient (Wildman–Crippen LogP) is 2.48. The Morgan fingerprint density at radius 2 is 2.00 bits per heavy atom. The van der Waals surface area contributed by atoms with Gasteiger partial charge in [-0.15, -0.1) is 0 Å². The normalized spacial score (nSPS) is 25.6. The fourth-order valence-electron chi connectivity index (χ4n) is 2.11. The van der Waals surface area contributed by atoms with Crippen molar-refractivity contribution in [2.45, 2.75) is 32.0 Å². The summed E-state index contributed by atoms with van der Waals surface area (Å²) in [5.74, 6) is 0.519. The lowest BCUT2D eigenvalue weighted by molar-refractivity contribution is -0.149. The number of hydrogen-bond donors (Lipinski definition) is 0. The molecule has 2 rings (SSSR count). The van der Waals surface area contributed by atoms with Crippen LogP contribution in [0, 0.1) is 0 Å². The molecular formula is C14H18O4. The average Bonchev–Trinajstić information content (AvgIpc) is 3.15. The van der Waals surface area contributed by atoms with E-state index in [2.05, 4.69) is 0 Å². The summed E-state index contributed by atoms with van der Waals surface area (Å²) >= 11 is 0. The van der Waals surface area contributed by atoms with E-state index in [4.69, 9.17) is 14.2 Å². The van der Waals surface area contributed by atoms with Gasteiger partial charge in [-0.05, 0) is 31.0 Å². The van der Waals surface area contributed by atoms with Gasteiger partial charge in [-0.25, -0.2) is 4.79 Å². The van der Waals surface area contributed by atoms with Crippen molar-refractivity contribution in [3.63, 3.8) is 0 Å². The summed E-state index contributed by atoms with van der Waals surface area (Å²) in [6.45, 7) is 4.10. The molecule has 0 N–H and O–H groups in total. The number of ether oxygens (including phenoxy) is 3. The summed E-state index contributed by atoms with van der Waals surface area (Å²) in [6.07, 6.45) is 0.412. The van der Waals surface area contributed by atoms with Crippen LogP contribution in [0.5, 0.6) is 5.75 Å². The Bertz CT molecular complexity index is 426. The quantitative estimate of drug-likeness (QED) is 0.595. The van der Waals surface area contributed by atoms with E-state index in [-0.39, 0.29) is 12.1 Å². The van der Waals surface area contributed by atoms with Crippen LogP contribution in [0.4, 0.5) is 0 Å². The van der Waals surface area contributed by atoms with Crippen molar-refractivity contribution in [2.24, 2.45) is 0 Å². The van der Waals surface area contributed by atoms with Crippen molar-refractivity contribution in [1.82, 2.24) is 0 Å². The predicted molar refractivity (Wildman–Crippen MR) is 66.5 cm³/mol. The molecule has 1 aliphatic heterocycles. The molecule has 0 saturated carbocycles. The maximum absolute atomic E-state index is 11.9. The fourth-order valence-corrected chi connectivity index (χ4v) is 2.11. The summed E-state index contributed by atoms with van der Waals surface area (Å²) in [7, 11) is 1.62. The van der Waals surface area contributed by atoms with Crippen LogP contribution in [0.1, 0.15) is 31.9 Å². The van der Waals surface area contributed by atoms with Crippen molar-refractivity contribution >= 4 is 5.97 Å². The maximum atomic E-state index is 11.9. The van der Waals surface area contributed by atoms with E-state index < -0.39 is 5.60 Å². The molecule has 0 amide bonds. The molecule has 98 valence electrons. The van der Waals surface area contributed by atoms with Crippen LogP contribution in [0.25, 0.3) is 0 Å². The topological polar surface area (TPSA) is 48.1 Å². The molecule has 0 unspecified atom stereocenters. The van der Waals surface area contributed by atoms with Gasteiger partial charge in [0.25, 0.3) is 0 Å². The highest BCUT2D eigenvalue weighted by molar-refractivity contribution is 5.83. The second-order valence-corrected chi connectivity index (χ2v) is 4.23. The fraction of sp³-hybridized carbons (Fsp3) is 0.500. The zero-order valence-corrected chi connectivity index (χ0v) is 10.9. The zero-order chi connectivity index (χ0) is 13.2. The average molecular weight is 250 g/mol. The molecular weight excluding hydrogens is 232 g/mol. The first-order chi connectivity index (χ1) is 8.67. The molecule has 1 aromatic carbocycles. The Morgan fingerprint density at radius 3 is 2.50 bits per heavy atom. The van der Waals surface area contributed by atoms with E-state index in [0.717, 1.165) is 11.3 Å². The van der Waals surface area contributed by atoms with Crippen molar-refractivity contribution in [3.8, 4) is 5.75 Å². The standard InChI is InChI=1S/C14H18O4/c1-4-14(13(15)17-5-2)12(18-14)10-6-8-11(16-3)9-7-10/h6-9,12H,4-5H2,1-3H3/t12-,14+/m0/s1. The van der Waals surface area contributed by atoms with E-state index >= 15 is 0 Å². The van der Waals surface area contributed by atoms with Gasteiger partial charge in [0.2, 0.25) is 0 Å². The van der Waals surface area contributed by atoms with Gasteiger partial charge in [-0.1, -0.05) is 19.1 Å². The molecule has 0 aromatic heterocycles. The van der Waals surface area contributed by atoms with Gasteiger partial charge in [0.1, 0.15) is 11.9 Å². The number of methoxy groups -OCH3 is 1. The maximum Gasteiger partial charge on any atom is 0.341 e. The van der Waals surface area contributed by atoms with Crippen LogP contribution in [-0.4, -0.2) is 25.3 Å². The molecule has 4 nitrogen and oxygen atoms in total. The molecule has 0 aliphatic carbocycles. The number of hydrogen-bond acceptors (Lipinski definition) is 4. The largest absolute Gasteiger partial charge is 0.497 e. The molecule has 1 aromatic rings. The first kappa shape index (κ1) is 12.9. The number of epoxide rings is 1. The molecule has 1 fully saturated rings. The molecule has 18 heavy (non-hydrogen) atoms. The van der Waals surface area contributed by atoms with E-state index in [0.29, 0.717) is 13.0 Å². The minimum atomic E-state index is -0.787. The first-order valence-corrected chi connectivity index (χ1v) is 6.17. The van der Waals surface area contributed by atoms with Crippen LogP contribution in [0.3, 0.4) is 0 Å². The van der Waals surface area contributed by atoms with Crippen LogP contribution in [-0.2, 0) is 14.3 Å². The van der Waals surface area contributed by atoms with Gasteiger partial charge >= 0.3 is 5.97 Å². The van der Waals surface area contributed by atoms with Crippen LogP contribution >= 0.6 is 0 Å². The highest BCUT2D eigenvalue weighted by atomic mass is 16.7. The van der Waals surface area contributed by atoms with Gasteiger partial charge in [0.05, 0.1) is 13.7 Å². The number of esters is 1. The van der Waals surface area contributed by atoms with Crippen LogP contribution < -0.4 is 4.74 Å². The second kappa shape index (κ2) is 4.98. The molecule has 1 heterocycles. The van der Waals surface area contributed by atoms with E-state index in [1.165, 1.54) is 0 Å². The highest BCUT2D eigenvalue weighted by Crippen LogP contribution is 2.52. The molecule has 2 atom stereocenters. The lowest BCUT2D eigenvalue weighted by Crippen LogP contribution is -2.27. The Morgan fingerprint density at radius 1 is 1.33 bits per heavy atom. The monoisotopic (exact) mass is 250 g/mol. The van der Waals surface area contributed by atoms with E-state index in [1.807, 2.05) is 31.2 Å². The Kier molecular flexibility index (Phi) is 3.57. The number of rotatable bonds is 5. The summed E-state index contributed by atoms with van der Waals surface area (Å²) in [6, 6.07) is 7.56. The zero-order valence-electron chi connectivity index (χ0n) is 10.9. The van der Waals surface area contributed by atoms with Gasteiger partial charge < -0.3 is 14.2 Å². The van der Waals surface area contributed by atoms with Crippen molar-refractivity contribution < 1.29 is 19.0 Å². The first-order valence-electron chi connectivity index (χ1n) is 6.17. The van der Waals surface area contributed by atoms with Crippen molar-refractivity contribution in [1.29, 1.82) is 0 Å². The number of carbonyl (C=O) groups is 1. The number of benzene rings is 1. The van der Waals surface area contributed by atoms with Gasteiger partial charge in [-0.3, -0.25) is 0 Å². The summed E-state index contributed by atoms with van der Waals surface area (Å²) in [4.78, 5) is 11.9. The van der Waals surface area contributed by atoms with Crippen LogP contribution in [0.15, 0.2) is 24.3 Å². The molecule has 0 spiro atoms. The summed E-state index contributed by atoms with van der Waals surface area (Å²) in [5.41, 5.74) is 0.190. The Labute approximate surface area is 107 Å². The SMILES string of the molecule is CCOC(=O)[C@]1(CC)O[C@H]1c1ccc(OC)cc1. The molecule has 0 radical (unpaired) electrons. The van der Waals surface area contributed by atoms with Gasteiger partial charge in [-0.2, -0.15) is 0 Å². The van der Waals surface area contributed by atoms with Crippen molar-refractivity contribution in [3.05, 3.63) is 29.8 Å². The second-order valence-electron chi connectivity index (χ2n) is 4.23. The van der Waals surface area contributed by atoms with E-state index in [1.54, 1.807) is 14.0 Å². The lowest BCUT2D eigenvalue weighted by atomic mass is 9.97. The Hall–Kier alpha value is -1.55. The minimum Gasteiger partial charge on any atom is -0.497 e. The van der Waals surface area contributed by atoms with E-state index in [9.17, 15) is 4.79 Å². The van der Waals surface area contributed by atoms with Crippen molar-refractivity contribution in [2.75, 3.05) is 13.7 Å². The van der Waals surface area contributed by atoms with Crippen LogP contribution in [0.2, 0.25) is 0 Å². The lowest BCUT2D eigenvalue weighted by Gasteiger charge is -2.09. The molecule has 4 heteroatoms. The third-order valence-electron chi connectivity index (χ3n) is 3.26. The summed E-state index contributed by atoms with van der Waals surface area (Å²) in [5, 5.41) is 0. The smallest absolute Gasteiger partial charge is 0.341 e. The molecule has 1 saturated heterocycles. The number of carbonyl (C=O) groups excluding carboxylic acids is 1. The highest BCUT2D eigenvalue weighted by Gasteiger charge is 2.63.